The number of nitro groups is 1. The molecule has 0 aliphatic carbocycles. The number of non-ortho nitro benzene ring substituents is 1. The molecule has 1 unspecified atom stereocenters. The minimum Gasteiger partial charge on any atom is -0.457 e. The Kier molecular flexibility index (Phi) is 5.65. The molecule has 2 aromatic carbocycles. The fraction of sp³-hybridized carbons (Fsp3) is 0.346. The number of anilines is 1. The van der Waals surface area contributed by atoms with Gasteiger partial charge in [-0.1, -0.05) is 56.5 Å². The Labute approximate surface area is 198 Å². The van der Waals surface area contributed by atoms with Crippen molar-refractivity contribution in [3.05, 3.63) is 81.4 Å². The van der Waals surface area contributed by atoms with Gasteiger partial charge < -0.3 is 9.64 Å². The van der Waals surface area contributed by atoms with Gasteiger partial charge in [-0.15, -0.1) is 0 Å². The van der Waals surface area contributed by atoms with Crippen LogP contribution in [-0.4, -0.2) is 21.8 Å². The molecule has 0 saturated carbocycles. The summed E-state index contributed by atoms with van der Waals surface area (Å²) in [4.78, 5) is 26.1. The van der Waals surface area contributed by atoms with Crippen LogP contribution in [0.4, 0.5) is 11.4 Å². The second-order valence-corrected chi connectivity index (χ2v) is 10.6. The number of carbonyl (C=O) groups excluding carboxylic acids is 1. The third kappa shape index (κ3) is 3.55. The maximum Gasteiger partial charge on any atom is 0.333 e. The molecule has 6 nitrogen and oxygen atoms in total. The first-order chi connectivity index (χ1) is 15.5. The Morgan fingerprint density at radius 3 is 2.61 bits per heavy atom. The average Bonchev–Trinajstić information content (AvgIpc) is 2.95. The summed E-state index contributed by atoms with van der Waals surface area (Å²) in [5, 5.41) is 11.6. The summed E-state index contributed by atoms with van der Waals surface area (Å²) >= 11 is 1.68. The number of esters is 1. The molecule has 2 aliphatic rings. The van der Waals surface area contributed by atoms with Crippen molar-refractivity contribution >= 4 is 35.2 Å². The van der Waals surface area contributed by atoms with E-state index >= 15 is 0 Å². The predicted molar refractivity (Wildman–Crippen MR) is 132 cm³/mol. The van der Waals surface area contributed by atoms with Gasteiger partial charge in [-0.05, 0) is 44.0 Å². The van der Waals surface area contributed by atoms with Crippen molar-refractivity contribution in [1.29, 1.82) is 0 Å². The van der Waals surface area contributed by atoms with E-state index in [1.165, 1.54) is 17.3 Å². The predicted octanol–water partition coefficient (Wildman–Crippen LogP) is 6.24. The monoisotopic (exact) mass is 464 g/mol. The van der Waals surface area contributed by atoms with Gasteiger partial charge in [-0.2, -0.15) is 0 Å². The smallest absolute Gasteiger partial charge is 0.333 e. The summed E-state index contributed by atoms with van der Waals surface area (Å²) < 4.78 is 5.42. The van der Waals surface area contributed by atoms with Crippen LogP contribution >= 0.6 is 11.8 Å². The van der Waals surface area contributed by atoms with Crippen LogP contribution in [0, 0.1) is 10.1 Å². The first kappa shape index (κ1) is 23.1. The van der Waals surface area contributed by atoms with Crippen molar-refractivity contribution in [2.75, 3.05) is 4.90 Å². The van der Waals surface area contributed by atoms with Gasteiger partial charge in [0.25, 0.3) is 5.69 Å². The van der Waals surface area contributed by atoms with E-state index in [0.717, 1.165) is 10.5 Å². The quantitative estimate of drug-likeness (QED) is 0.226. The minimum absolute atomic E-state index is 0.0222. The number of nitrogens with zero attached hydrogens (tertiary/aromatic N) is 2. The van der Waals surface area contributed by atoms with Crippen molar-refractivity contribution in [2.24, 2.45) is 0 Å². The normalized spacial score (nSPS) is 20.0. The summed E-state index contributed by atoms with van der Waals surface area (Å²) in [6, 6.07) is 11.8. The van der Waals surface area contributed by atoms with E-state index in [4.69, 9.17) is 4.74 Å². The molecule has 0 radical (unpaired) electrons. The van der Waals surface area contributed by atoms with Crippen molar-refractivity contribution < 1.29 is 14.5 Å². The molecule has 0 N–H and O–H groups in total. The molecule has 7 heteroatoms. The number of hydrogen-bond donors (Lipinski definition) is 0. The van der Waals surface area contributed by atoms with Crippen LogP contribution in [0.3, 0.4) is 0 Å². The molecular formula is C26H28N2O4S. The highest BCUT2D eigenvalue weighted by Gasteiger charge is 2.58. The lowest BCUT2D eigenvalue weighted by Gasteiger charge is -2.49. The molecule has 0 saturated heterocycles. The lowest BCUT2D eigenvalue weighted by atomic mass is 9.79. The van der Waals surface area contributed by atoms with Crippen LogP contribution in [0.15, 0.2) is 59.5 Å². The van der Waals surface area contributed by atoms with Gasteiger partial charge >= 0.3 is 5.97 Å². The molecule has 0 fully saturated rings. The van der Waals surface area contributed by atoms with Crippen LogP contribution in [0.2, 0.25) is 0 Å². The standard InChI is InChI=1S/C26H28N2O4S/c1-16(2)24(29)32-15-19-14-20(28(30)31)13-18-11-12-26(33-23(18)19)25(5,6)21-9-7-8-10-22(21)27(26)17(3)4/h7-14,17H,1,15H2,2-6H3. The lowest BCUT2D eigenvalue weighted by Crippen LogP contribution is -2.54. The molecule has 0 amide bonds. The van der Waals surface area contributed by atoms with Crippen molar-refractivity contribution in [1.82, 2.24) is 0 Å². The molecule has 33 heavy (non-hydrogen) atoms. The van der Waals surface area contributed by atoms with Gasteiger partial charge in [0.1, 0.15) is 11.5 Å². The molecule has 1 spiro atoms. The van der Waals surface area contributed by atoms with Crippen molar-refractivity contribution in [3.63, 3.8) is 0 Å². The highest BCUT2D eigenvalue weighted by Crippen LogP contribution is 2.62. The van der Waals surface area contributed by atoms with Crippen molar-refractivity contribution in [3.8, 4) is 0 Å². The van der Waals surface area contributed by atoms with Gasteiger partial charge in [0.2, 0.25) is 0 Å². The van der Waals surface area contributed by atoms with Gasteiger partial charge in [0, 0.05) is 45.3 Å². The van der Waals surface area contributed by atoms with Gasteiger partial charge in [0.05, 0.1) is 4.92 Å². The summed E-state index contributed by atoms with van der Waals surface area (Å²) in [7, 11) is 0. The Hall–Kier alpha value is -3.06. The molecule has 4 rings (SSSR count). The number of carbonyl (C=O) groups is 1. The largest absolute Gasteiger partial charge is 0.457 e. The number of hydrogen-bond acceptors (Lipinski definition) is 6. The second kappa shape index (κ2) is 8.06. The maximum absolute atomic E-state index is 12.1. The number of rotatable bonds is 5. The lowest BCUT2D eigenvalue weighted by molar-refractivity contribution is -0.385. The molecule has 172 valence electrons. The van der Waals surface area contributed by atoms with Gasteiger partial charge in [-0.3, -0.25) is 10.1 Å². The topological polar surface area (TPSA) is 72.7 Å². The molecule has 0 aromatic heterocycles. The van der Waals surface area contributed by atoms with Gasteiger partial charge in [-0.25, -0.2) is 4.79 Å². The van der Waals surface area contributed by atoms with E-state index in [2.05, 4.69) is 69.5 Å². The number of fused-ring (bicyclic) bond motifs is 2. The van der Waals surface area contributed by atoms with Crippen LogP contribution in [0.25, 0.3) is 6.08 Å². The Bertz CT molecular complexity index is 1200. The maximum atomic E-state index is 12.1. The summed E-state index contributed by atoms with van der Waals surface area (Å²) in [6.07, 6.45) is 4.15. The third-order valence-electron chi connectivity index (χ3n) is 6.45. The number of benzene rings is 2. The highest BCUT2D eigenvalue weighted by atomic mass is 32.2. The number of para-hydroxylation sites is 1. The molecule has 2 aliphatic heterocycles. The van der Waals surface area contributed by atoms with Gasteiger partial charge in [0.15, 0.2) is 0 Å². The second-order valence-electron chi connectivity index (χ2n) is 9.37. The number of nitro benzene ring substituents is 1. The Morgan fingerprint density at radius 2 is 1.97 bits per heavy atom. The highest BCUT2D eigenvalue weighted by molar-refractivity contribution is 8.01. The fourth-order valence-corrected chi connectivity index (χ4v) is 6.54. The minimum atomic E-state index is -0.515. The van der Waals surface area contributed by atoms with Crippen LogP contribution in [0.1, 0.15) is 51.3 Å². The Morgan fingerprint density at radius 1 is 1.27 bits per heavy atom. The van der Waals surface area contributed by atoms with E-state index in [1.807, 2.05) is 6.08 Å². The van der Waals surface area contributed by atoms with Crippen LogP contribution in [-0.2, 0) is 21.6 Å². The summed E-state index contributed by atoms with van der Waals surface area (Å²) in [6.45, 7) is 14.0. The summed E-state index contributed by atoms with van der Waals surface area (Å²) in [5.74, 6) is -0.515. The third-order valence-corrected chi connectivity index (χ3v) is 8.31. The number of thioether (sulfide) groups is 1. The molecular weight excluding hydrogens is 436 g/mol. The van der Waals surface area contributed by atoms with E-state index in [0.29, 0.717) is 5.56 Å². The first-order valence-electron chi connectivity index (χ1n) is 10.9. The van der Waals surface area contributed by atoms with E-state index in [9.17, 15) is 14.9 Å². The SMILES string of the molecule is C=C(C)C(=O)OCc1cc([N+](=O)[O-])cc2c1SC1(C=C2)N(C(C)C)c2ccccc2C1(C)C. The summed E-state index contributed by atoms with van der Waals surface area (Å²) in [5.41, 5.74) is 3.85. The molecule has 0 bridgehead atoms. The fourth-order valence-electron chi connectivity index (χ4n) is 4.83. The average molecular weight is 465 g/mol. The zero-order valence-electron chi connectivity index (χ0n) is 19.5. The van der Waals surface area contributed by atoms with E-state index in [1.54, 1.807) is 24.8 Å². The van der Waals surface area contributed by atoms with E-state index < -0.39 is 15.8 Å². The zero-order chi connectivity index (χ0) is 24.1. The number of ether oxygens (including phenoxy) is 1. The Balaban J connectivity index is 1.86. The zero-order valence-corrected chi connectivity index (χ0v) is 20.4. The molecule has 2 aromatic rings. The van der Waals surface area contributed by atoms with Crippen LogP contribution in [0.5, 0.6) is 0 Å². The van der Waals surface area contributed by atoms with Crippen molar-refractivity contribution in [2.45, 2.75) is 62.4 Å². The first-order valence-corrected chi connectivity index (χ1v) is 11.7. The van der Waals surface area contributed by atoms with Crippen LogP contribution < -0.4 is 4.90 Å². The molecule has 1 atom stereocenters. The molecule has 2 heterocycles. The van der Waals surface area contributed by atoms with E-state index in [-0.39, 0.29) is 29.3 Å².